The van der Waals surface area contributed by atoms with Crippen LogP contribution in [0, 0.1) is 11.3 Å². The zero-order valence-corrected chi connectivity index (χ0v) is 15.9. The van der Waals surface area contributed by atoms with E-state index in [1.54, 1.807) is 27.8 Å². The van der Waals surface area contributed by atoms with E-state index < -0.39 is 0 Å². The molecule has 0 amide bonds. The molecule has 1 N–H and O–H groups in total. The van der Waals surface area contributed by atoms with Crippen LogP contribution in [-0.4, -0.2) is 55.5 Å². The third-order valence-corrected chi connectivity index (χ3v) is 5.10. The number of anilines is 1. The lowest BCUT2D eigenvalue weighted by atomic mass is 10.1. The quantitative estimate of drug-likeness (QED) is 0.570. The summed E-state index contributed by atoms with van der Waals surface area (Å²) in [6.45, 7) is 3.72. The van der Waals surface area contributed by atoms with Gasteiger partial charge < -0.3 is 10.2 Å². The summed E-state index contributed by atoms with van der Waals surface area (Å²) in [5.41, 5.74) is 4.17. The highest BCUT2D eigenvalue weighted by atomic mass is 15.3. The number of nitrogens with zero attached hydrogens (tertiary/aromatic N) is 8. The molecule has 4 aromatic rings. The summed E-state index contributed by atoms with van der Waals surface area (Å²) in [5.74, 6) is 0.868. The Hall–Kier alpha value is -3.77. The predicted octanol–water partition coefficient (Wildman–Crippen LogP) is 1.47. The molecule has 1 aliphatic heterocycles. The second-order valence-corrected chi connectivity index (χ2v) is 6.95. The molecule has 0 bridgehead atoms. The van der Waals surface area contributed by atoms with E-state index in [2.05, 4.69) is 36.5 Å². The molecule has 0 atom stereocenters. The average molecular weight is 385 g/mol. The van der Waals surface area contributed by atoms with Gasteiger partial charge in [0.25, 0.3) is 0 Å². The van der Waals surface area contributed by atoms with Crippen molar-refractivity contribution in [3.63, 3.8) is 0 Å². The Bertz CT molecular complexity index is 1210. The second-order valence-electron chi connectivity index (χ2n) is 6.95. The fourth-order valence-corrected chi connectivity index (χ4v) is 3.68. The summed E-state index contributed by atoms with van der Waals surface area (Å²) < 4.78 is 3.42. The standard InChI is InChI=1S/C20H19N9/c1-27-13-14(10-25-27)19-16(9-21)20-15(3-2-6-29(20)26-19)17-11-24-18(12-23-17)28-7-4-22-5-8-28/h2-3,6,10-13,22H,4-5,7-8H2,1H3. The number of piperazine rings is 1. The van der Waals surface area contributed by atoms with Crippen LogP contribution in [-0.2, 0) is 7.05 Å². The molecule has 5 rings (SSSR count). The molecule has 9 heteroatoms. The number of nitrogens with one attached hydrogen (secondary N) is 1. The molecule has 0 aliphatic carbocycles. The summed E-state index contributed by atoms with van der Waals surface area (Å²) in [7, 11) is 1.84. The highest BCUT2D eigenvalue weighted by molar-refractivity contribution is 5.88. The summed E-state index contributed by atoms with van der Waals surface area (Å²) in [6, 6.07) is 6.16. The molecule has 5 heterocycles. The van der Waals surface area contributed by atoms with Crippen LogP contribution in [0.3, 0.4) is 0 Å². The van der Waals surface area contributed by atoms with E-state index in [-0.39, 0.29) is 0 Å². The van der Waals surface area contributed by atoms with Gasteiger partial charge in [-0.2, -0.15) is 15.5 Å². The number of rotatable bonds is 3. The van der Waals surface area contributed by atoms with E-state index in [0.717, 1.165) is 48.6 Å². The van der Waals surface area contributed by atoms with Crippen molar-refractivity contribution in [3.8, 4) is 28.6 Å². The summed E-state index contributed by atoms with van der Waals surface area (Å²) in [5, 5.41) is 22.0. The summed E-state index contributed by atoms with van der Waals surface area (Å²) in [6.07, 6.45) is 8.97. The fourth-order valence-electron chi connectivity index (χ4n) is 3.68. The molecule has 1 saturated heterocycles. The molecule has 4 aromatic heterocycles. The number of hydrogen-bond donors (Lipinski definition) is 1. The first-order chi connectivity index (χ1) is 14.2. The Balaban J connectivity index is 1.60. The minimum absolute atomic E-state index is 0.501. The Morgan fingerprint density at radius 1 is 1.14 bits per heavy atom. The van der Waals surface area contributed by atoms with Crippen LogP contribution in [0.5, 0.6) is 0 Å². The smallest absolute Gasteiger partial charge is 0.147 e. The van der Waals surface area contributed by atoms with Crippen molar-refractivity contribution in [3.05, 3.63) is 48.7 Å². The molecule has 144 valence electrons. The van der Waals surface area contributed by atoms with Crippen molar-refractivity contribution < 1.29 is 0 Å². The Morgan fingerprint density at radius 2 is 2.00 bits per heavy atom. The number of aromatic nitrogens is 6. The van der Waals surface area contributed by atoms with E-state index >= 15 is 0 Å². The number of fused-ring (bicyclic) bond motifs is 1. The molecule has 1 fully saturated rings. The van der Waals surface area contributed by atoms with Crippen LogP contribution in [0.2, 0.25) is 0 Å². The van der Waals surface area contributed by atoms with Gasteiger partial charge in [-0.15, -0.1) is 0 Å². The van der Waals surface area contributed by atoms with Crippen molar-refractivity contribution in [2.45, 2.75) is 0 Å². The minimum atomic E-state index is 0.501. The lowest BCUT2D eigenvalue weighted by molar-refractivity contribution is 0.584. The first-order valence-electron chi connectivity index (χ1n) is 9.43. The van der Waals surface area contributed by atoms with E-state index in [4.69, 9.17) is 0 Å². The van der Waals surface area contributed by atoms with Gasteiger partial charge in [-0.25, -0.2) is 9.50 Å². The maximum absolute atomic E-state index is 9.88. The van der Waals surface area contributed by atoms with Gasteiger partial charge in [-0.3, -0.25) is 9.67 Å². The second kappa shape index (κ2) is 7.00. The predicted molar refractivity (Wildman–Crippen MR) is 108 cm³/mol. The van der Waals surface area contributed by atoms with E-state index in [0.29, 0.717) is 17.0 Å². The molecule has 0 spiro atoms. The highest BCUT2D eigenvalue weighted by Gasteiger charge is 2.20. The van der Waals surface area contributed by atoms with Crippen LogP contribution >= 0.6 is 0 Å². The van der Waals surface area contributed by atoms with Gasteiger partial charge in [-0.05, 0) is 12.1 Å². The van der Waals surface area contributed by atoms with Crippen LogP contribution in [0.1, 0.15) is 5.56 Å². The van der Waals surface area contributed by atoms with Gasteiger partial charge in [0, 0.05) is 56.7 Å². The van der Waals surface area contributed by atoms with Gasteiger partial charge >= 0.3 is 0 Å². The van der Waals surface area contributed by atoms with Gasteiger partial charge in [-0.1, -0.05) is 0 Å². The third-order valence-electron chi connectivity index (χ3n) is 5.10. The summed E-state index contributed by atoms with van der Waals surface area (Å²) >= 11 is 0. The number of hydrogen-bond acceptors (Lipinski definition) is 7. The van der Waals surface area contributed by atoms with Crippen molar-refractivity contribution in [1.82, 2.24) is 34.7 Å². The SMILES string of the molecule is Cn1cc(-c2nn3cccc(-c4cnc(N5CCNCC5)cn4)c3c2C#N)cn1. The third kappa shape index (κ3) is 2.99. The lowest BCUT2D eigenvalue weighted by Gasteiger charge is -2.28. The molecular weight excluding hydrogens is 366 g/mol. The van der Waals surface area contributed by atoms with E-state index in [9.17, 15) is 5.26 Å². The van der Waals surface area contributed by atoms with Gasteiger partial charge in [0.2, 0.25) is 0 Å². The van der Waals surface area contributed by atoms with E-state index in [1.807, 2.05) is 31.6 Å². The summed E-state index contributed by atoms with van der Waals surface area (Å²) in [4.78, 5) is 11.5. The normalized spacial score (nSPS) is 14.3. The van der Waals surface area contributed by atoms with Crippen molar-refractivity contribution in [1.29, 1.82) is 5.26 Å². The molecule has 0 unspecified atom stereocenters. The van der Waals surface area contributed by atoms with Crippen LogP contribution in [0.4, 0.5) is 5.82 Å². The highest BCUT2D eigenvalue weighted by Crippen LogP contribution is 2.31. The van der Waals surface area contributed by atoms with Gasteiger partial charge in [0.15, 0.2) is 0 Å². The first-order valence-corrected chi connectivity index (χ1v) is 9.43. The largest absolute Gasteiger partial charge is 0.353 e. The van der Waals surface area contributed by atoms with Gasteiger partial charge in [0.05, 0.1) is 29.8 Å². The Labute approximate surface area is 167 Å². The number of nitriles is 1. The van der Waals surface area contributed by atoms with Crippen molar-refractivity contribution in [2.24, 2.45) is 7.05 Å². The topological polar surface area (TPSA) is 100.0 Å². The Morgan fingerprint density at radius 3 is 2.69 bits per heavy atom. The average Bonchev–Trinajstić information content (AvgIpc) is 3.37. The molecular formula is C20H19N9. The van der Waals surface area contributed by atoms with Crippen molar-refractivity contribution in [2.75, 3.05) is 31.1 Å². The van der Waals surface area contributed by atoms with Gasteiger partial charge in [0.1, 0.15) is 23.1 Å². The first kappa shape index (κ1) is 17.3. The molecule has 1 aliphatic rings. The van der Waals surface area contributed by atoms with E-state index in [1.165, 1.54) is 0 Å². The van der Waals surface area contributed by atoms with Crippen LogP contribution in [0.25, 0.3) is 28.0 Å². The monoisotopic (exact) mass is 385 g/mol. The minimum Gasteiger partial charge on any atom is -0.353 e. The zero-order chi connectivity index (χ0) is 19.8. The van der Waals surface area contributed by atoms with Crippen LogP contribution in [0.15, 0.2) is 43.1 Å². The molecule has 9 nitrogen and oxygen atoms in total. The van der Waals surface area contributed by atoms with Crippen LogP contribution < -0.4 is 10.2 Å². The fraction of sp³-hybridized carbons (Fsp3) is 0.250. The Kier molecular flexibility index (Phi) is 4.18. The molecule has 29 heavy (non-hydrogen) atoms. The molecule has 0 radical (unpaired) electrons. The van der Waals surface area contributed by atoms with Crippen molar-refractivity contribution >= 4 is 11.3 Å². The number of pyridine rings is 1. The maximum Gasteiger partial charge on any atom is 0.147 e. The molecule has 0 saturated carbocycles. The number of aryl methyl sites for hydroxylation is 1. The lowest BCUT2D eigenvalue weighted by Crippen LogP contribution is -2.43. The molecule has 0 aromatic carbocycles. The maximum atomic E-state index is 9.88. The zero-order valence-electron chi connectivity index (χ0n) is 15.9.